The summed E-state index contributed by atoms with van der Waals surface area (Å²) in [5.41, 5.74) is 3.07. The van der Waals surface area contributed by atoms with Crippen molar-refractivity contribution in [1.82, 2.24) is 15.6 Å². The average Bonchev–Trinajstić information content (AvgIpc) is 2.57. The molecule has 0 aliphatic carbocycles. The summed E-state index contributed by atoms with van der Waals surface area (Å²) in [6.45, 7) is 4.96. The molecule has 1 fully saturated rings. The van der Waals surface area contributed by atoms with Gasteiger partial charge in [-0.3, -0.25) is 20.4 Å². The van der Waals surface area contributed by atoms with Crippen molar-refractivity contribution in [3.05, 3.63) is 38.9 Å². The number of morpholine rings is 1. The third kappa shape index (κ3) is 6.00. The second-order valence-electron chi connectivity index (χ2n) is 5.05. The lowest BCUT2D eigenvalue weighted by Crippen LogP contribution is -2.42. The van der Waals surface area contributed by atoms with Gasteiger partial charge in [0.05, 0.1) is 24.4 Å². The summed E-state index contributed by atoms with van der Waals surface area (Å²) in [4.78, 5) is 12.6. The molecule has 10 heteroatoms. The standard InChI is InChI=1S/C14H18ClN5O3S/c15-12-2-1-11(9-13(12)20(21)22)10-17-18-14(24)16-3-4-19-5-7-23-8-6-19/h1-2,9-10H,3-8H2,(H2,16,18,24)/b17-10-. The van der Waals surface area contributed by atoms with Gasteiger partial charge in [-0.05, 0) is 18.3 Å². The fraction of sp³-hybridized carbons (Fsp3) is 0.429. The highest BCUT2D eigenvalue weighted by atomic mass is 35.5. The van der Waals surface area contributed by atoms with E-state index in [4.69, 9.17) is 28.6 Å². The topological polar surface area (TPSA) is 92.0 Å². The van der Waals surface area contributed by atoms with Crippen LogP contribution in [0, 0.1) is 10.1 Å². The highest BCUT2D eigenvalue weighted by molar-refractivity contribution is 7.80. The quantitative estimate of drug-likeness (QED) is 0.338. The zero-order valence-corrected chi connectivity index (χ0v) is 14.5. The maximum Gasteiger partial charge on any atom is 0.288 e. The minimum atomic E-state index is -0.537. The van der Waals surface area contributed by atoms with Crippen LogP contribution in [-0.2, 0) is 4.74 Å². The highest BCUT2D eigenvalue weighted by Crippen LogP contribution is 2.24. The number of nitro groups is 1. The molecule has 130 valence electrons. The molecule has 0 aromatic heterocycles. The first kappa shape index (κ1) is 18.5. The largest absolute Gasteiger partial charge is 0.379 e. The predicted octanol–water partition coefficient (Wildman–Crippen LogP) is 1.38. The molecule has 1 heterocycles. The number of benzene rings is 1. The third-order valence-corrected chi connectivity index (χ3v) is 3.92. The molecule has 1 aliphatic rings. The molecule has 24 heavy (non-hydrogen) atoms. The van der Waals surface area contributed by atoms with Crippen LogP contribution in [0.1, 0.15) is 5.56 Å². The maximum absolute atomic E-state index is 10.8. The molecule has 8 nitrogen and oxygen atoms in total. The number of rotatable bonds is 6. The normalized spacial score (nSPS) is 15.4. The monoisotopic (exact) mass is 371 g/mol. The summed E-state index contributed by atoms with van der Waals surface area (Å²) in [6, 6.07) is 4.44. The lowest BCUT2D eigenvalue weighted by molar-refractivity contribution is -0.384. The minimum absolute atomic E-state index is 0.0883. The van der Waals surface area contributed by atoms with Crippen LogP contribution in [0.5, 0.6) is 0 Å². The van der Waals surface area contributed by atoms with Crippen LogP contribution >= 0.6 is 23.8 Å². The van der Waals surface area contributed by atoms with Crippen LogP contribution in [0.4, 0.5) is 5.69 Å². The molecule has 1 saturated heterocycles. The first-order chi connectivity index (χ1) is 11.6. The molecular formula is C14H18ClN5O3S. The molecule has 0 atom stereocenters. The van der Waals surface area contributed by atoms with Gasteiger partial charge in [0.25, 0.3) is 5.69 Å². The maximum atomic E-state index is 10.8. The van der Waals surface area contributed by atoms with Gasteiger partial charge in [-0.2, -0.15) is 5.10 Å². The Hall–Kier alpha value is -1.81. The summed E-state index contributed by atoms with van der Waals surface area (Å²) in [5.74, 6) is 0. The lowest BCUT2D eigenvalue weighted by atomic mass is 10.2. The van der Waals surface area contributed by atoms with E-state index in [1.54, 1.807) is 6.07 Å². The number of hydrogen-bond donors (Lipinski definition) is 2. The van der Waals surface area contributed by atoms with Gasteiger partial charge in [-0.15, -0.1) is 0 Å². The van der Waals surface area contributed by atoms with E-state index in [-0.39, 0.29) is 10.7 Å². The van der Waals surface area contributed by atoms with E-state index in [1.165, 1.54) is 18.3 Å². The number of hydrazone groups is 1. The Balaban J connectivity index is 1.73. The molecule has 0 saturated carbocycles. The smallest absolute Gasteiger partial charge is 0.288 e. The van der Waals surface area contributed by atoms with E-state index in [2.05, 4.69) is 20.7 Å². The second-order valence-corrected chi connectivity index (χ2v) is 5.86. The molecule has 1 aliphatic heterocycles. The van der Waals surface area contributed by atoms with Crippen molar-refractivity contribution >= 4 is 40.8 Å². The van der Waals surface area contributed by atoms with Crippen LogP contribution in [0.3, 0.4) is 0 Å². The Morgan fingerprint density at radius 3 is 2.96 bits per heavy atom. The van der Waals surface area contributed by atoms with Gasteiger partial charge in [0.1, 0.15) is 5.02 Å². The molecular weight excluding hydrogens is 354 g/mol. The van der Waals surface area contributed by atoms with Crippen molar-refractivity contribution in [3.63, 3.8) is 0 Å². The second kappa shape index (κ2) is 9.48. The van der Waals surface area contributed by atoms with E-state index in [0.29, 0.717) is 17.2 Å². The molecule has 0 unspecified atom stereocenters. The molecule has 1 aromatic rings. The van der Waals surface area contributed by atoms with Crippen LogP contribution in [0.15, 0.2) is 23.3 Å². The number of hydrogen-bond acceptors (Lipinski definition) is 6. The molecule has 2 N–H and O–H groups in total. The number of nitrogens with one attached hydrogen (secondary N) is 2. The number of nitrogens with zero attached hydrogens (tertiary/aromatic N) is 3. The van der Waals surface area contributed by atoms with Gasteiger partial charge in [0.15, 0.2) is 5.11 Å². The van der Waals surface area contributed by atoms with Gasteiger partial charge in [0, 0.05) is 37.8 Å². The predicted molar refractivity (Wildman–Crippen MR) is 96.7 cm³/mol. The number of ether oxygens (including phenoxy) is 1. The van der Waals surface area contributed by atoms with Crippen LogP contribution < -0.4 is 10.7 Å². The van der Waals surface area contributed by atoms with E-state index in [9.17, 15) is 10.1 Å². The SMILES string of the molecule is O=[N+]([O-])c1cc(/C=N\NC(=S)NCCN2CCOCC2)ccc1Cl. The van der Waals surface area contributed by atoms with E-state index in [0.717, 1.165) is 32.8 Å². The van der Waals surface area contributed by atoms with Crippen LogP contribution in [0.2, 0.25) is 5.02 Å². The van der Waals surface area contributed by atoms with Gasteiger partial charge in [0.2, 0.25) is 0 Å². The molecule has 0 amide bonds. The zero-order chi connectivity index (χ0) is 17.4. The fourth-order valence-electron chi connectivity index (χ4n) is 2.11. The van der Waals surface area contributed by atoms with Crippen molar-refractivity contribution in [1.29, 1.82) is 0 Å². The summed E-state index contributed by atoms with van der Waals surface area (Å²) in [5, 5.41) is 18.3. The van der Waals surface area contributed by atoms with Crippen LogP contribution in [-0.4, -0.2) is 60.5 Å². The Labute approximate surface area is 149 Å². The highest BCUT2D eigenvalue weighted by Gasteiger charge is 2.12. The Kier molecular flexibility index (Phi) is 7.32. The van der Waals surface area contributed by atoms with Gasteiger partial charge < -0.3 is 10.1 Å². The average molecular weight is 372 g/mol. The van der Waals surface area contributed by atoms with Crippen molar-refractivity contribution in [2.45, 2.75) is 0 Å². The van der Waals surface area contributed by atoms with E-state index >= 15 is 0 Å². The van der Waals surface area contributed by atoms with Crippen molar-refractivity contribution in [3.8, 4) is 0 Å². The fourth-order valence-corrected chi connectivity index (χ4v) is 2.45. The van der Waals surface area contributed by atoms with E-state index < -0.39 is 4.92 Å². The van der Waals surface area contributed by atoms with Gasteiger partial charge in [-0.1, -0.05) is 17.7 Å². The Morgan fingerprint density at radius 2 is 2.25 bits per heavy atom. The van der Waals surface area contributed by atoms with Crippen molar-refractivity contribution in [2.75, 3.05) is 39.4 Å². The summed E-state index contributed by atoms with van der Waals surface area (Å²) < 4.78 is 5.28. The van der Waals surface area contributed by atoms with E-state index in [1.807, 2.05) is 0 Å². The van der Waals surface area contributed by atoms with Crippen molar-refractivity contribution < 1.29 is 9.66 Å². The van der Waals surface area contributed by atoms with Gasteiger partial charge in [-0.25, -0.2) is 0 Å². The zero-order valence-electron chi connectivity index (χ0n) is 12.9. The first-order valence-corrected chi connectivity index (χ1v) is 8.16. The molecule has 0 bridgehead atoms. The third-order valence-electron chi connectivity index (χ3n) is 3.36. The summed E-state index contributed by atoms with van der Waals surface area (Å²) >= 11 is 10.9. The Morgan fingerprint density at radius 1 is 1.50 bits per heavy atom. The first-order valence-electron chi connectivity index (χ1n) is 7.37. The summed E-state index contributed by atoms with van der Waals surface area (Å²) in [7, 11) is 0. The molecule has 0 radical (unpaired) electrons. The number of halogens is 1. The van der Waals surface area contributed by atoms with Crippen molar-refractivity contribution in [2.24, 2.45) is 5.10 Å². The molecule has 1 aromatic carbocycles. The van der Waals surface area contributed by atoms with Gasteiger partial charge >= 0.3 is 0 Å². The lowest BCUT2D eigenvalue weighted by Gasteiger charge is -2.26. The number of thiocarbonyl (C=S) groups is 1. The van der Waals surface area contributed by atoms with Crippen LogP contribution in [0.25, 0.3) is 0 Å². The number of nitro benzene ring substituents is 1. The Bertz CT molecular complexity index is 622. The molecule has 0 spiro atoms. The molecule has 2 rings (SSSR count). The summed E-state index contributed by atoms with van der Waals surface area (Å²) in [6.07, 6.45) is 1.44. The minimum Gasteiger partial charge on any atom is -0.379 e.